The summed E-state index contributed by atoms with van der Waals surface area (Å²) in [6.45, 7) is 9.32. The molecule has 9 nitrogen and oxygen atoms in total. The molecule has 1 N–H and O–H groups in total. The zero-order chi connectivity index (χ0) is 29.2. The maximum absolute atomic E-state index is 14.2. The third-order valence-corrected chi connectivity index (χ3v) is 7.51. The van der Waals surface area contributed by atoms with Crippen LogP contribution in [0.2, 0.25) is 0 Å². The molecule has 0 bridgehead atoms. The number of piperidine rings is 1. The van der Waals surface area contributed by atoms with Crippen molar-refractivity contribution in [2.24, 2.45) is 11.3 Å². The third-order valence-electron chi connectivity index (χ3n) is 7.51. The summed E-state index contributed by atoms with van der Waals surface area (Å²) in [7, 11) is 3.16. The van der Waals surface area contributed by atoms with E-state index in [1.165, 1.54) is 0 Å². The highest BCUT2D eigenvalue weighted by atomic mass is 16.5. The number of amides is 2. The number of carboxylic acid groups (broad SMARTS) is 1. The lowest BCUT2D eigenvalue weighted by Crippen LogP contribution is -2.47. The van der Waals surface area contributed by atoms with Crippen LogP contribution in [0.15, 0.2) is 36.4 Å². The number of carbonyl (C=O) groups is 3. The Balaban J connectivity index is 1.75. The number of carboxylic acids is 1. The molecule has 2 unspecified atom stereocenters. The minimum absolute atomic E-state index is 0.140. The summed E-state index contributed by atoms with van der Waals surface area (Å²) in [6.07, 6.45) is -1.07. The van der Waals surface area contributed by atoms with E-state index in [9.17, 15) is 19.5 Å². The van der Waals surface area contributed by atoms with Crippen molar-refractivity contribution in [2.45, 2.75) is 59.2 Å². The first-order valence-electron chi connectivity index (χ1n) is 13.7. The first-order chi connectivity index (χ1) is 18.9. The Morgan fingerprint density at radius 1 is 1.02 bits per heavy atom. The van der Waals surface area contributed by atoms with E-state index in [1.54, 1.807) is 30.1 Å². The average molecular weight is 553 g/mol. The number of hydrogen-bond donors (Lipinski definition) is 1. The first-order valence-corrected chi connectivity index (χ1v) is 13.7. The standard InChI is InChI=1S/C31H40N2O7/c1-19-7-10-24-23(15-19)28(22-9-8-21(38-5)16-25(22)39-6)40-26(29(35)33(24)18-31(2,3)4)17-27(34)32-13-11-20(12-14-32)30(36)37/h7-10,15-16,20,26,28H,11-14,17-18H2,1-6H3,(H,36,37). The van der Waals surface area contributed by atoms with Gasteiger partial charge in [0.15, 0.2) is 0 Å². The summed E-state index contributed by atoms with van der Waals surface area (Å²) in [4.78, 5) is 42.4. The van der Waals surface area contributed by atoms with Crippen LogP contribution < -0.4 is 14.4 Å². The largest absolute Gasteiger partial charge is 0.497 e. The number of rotatable bonds is 7. The topological polar surface area (TPSA) is 106 Å². The molecule has 0 aromatic heterocycles. The maximum Gasteiger partial charge on any atom is 0.306 e. The second-order valence-electron chi connectivity index (χ2n) is 11.9. The third kappa shape index (κ3) is 6.41. The lowest BCUT2D eigenvalue weighted by Gasteiger charge is -2.33. The van der Waals surface area contributed by atoms with Gasteiger partial charge in [0.1, 0.15) is 23.7 Å². The number of likely N-dealkylation sites (tertiary alicyclic amines) is 1. The molecule has 40 heavy (non-hydrogen) atoms. The SMILES string of the molecule is COc1ccc(C2OC(CC(=O)N3CCC(C(=O)O)CC3)C(=O)N(CC(C)(C)C)c3ccc(C)cc32)c(OC)c1. The van der Waals surface area contributed by atoms with E-state index in [-0.39, 0.29) is 23.7 Å². The second-order valence-corrected chi connectivity index (χ2v) is 11.9. The van der Waals surface area contributed by atoms with Gasteiger partial charge in [-0.05, 0) is 43.4 Å². The summed E-state index contributed by atoms with van der Waals surface area (Å²) >= 11 is 0. The quantitative estimate of drug-likeness (QED) is 0.536. The van der Waals surface area contributed by atoms with Gasteiger partial charge in [0, 0.05) is 42.5 Å². The van der Waals surface area contributed by atoms with Gasteiger partial charge in [-0.2, -0.15) is 0 Å². The van der Waals surface area contributed by atoms with Gasteiger partial charge in [0.25, 0.3) is 5.91 Å². The summed E-state index contributed by atoms with van der Waals surface area (Å²) in [6, 6.07) is 11.4. The highest BCUT2D eigenvalue weighted by molar-refractivity contribution is 6.00. The van der Waals surface area contributed by atoms with Gasteiger partial charge in [-0.3, -0.25) is 14.4 Å². The molecule has 2 aromatic carbocycles. The van der Waals surface area contributed by atoms with Gasteiger partial charge in [0.05, 0.1) is 26.6 Å². The van der Waals surface area contributed by atoms with Crippen molar-refractivity contribution < 1.29 is 33.7 Å². The van der Waals surface area contributed by atoms with Crippen LogP contribution in [0.3, 0.4) is 0 Å². The zero-order valence-corrected chi connectivity index (χ0v) is 24.2. The molecule has 2 amide bonds. The van der Waals surface area contributed by atoms with E-state index in [2.05, 4.69) is 20.8 Å². The van der Waals surface area contributed by atoms with E-state index in [1.807, 2.05) is 37.3 Å². The van der Waals surface area contributed by atoms with E-state index in [0.29, 0.717) is 44.0 Å². The molecule has 2 aliphatic rings. The van der Waals surface area contributed by atoms with Crippen molar-refractivity contribution in [1.82, 2.24) is 4.90 Å². The fraction of sp³-hybridized carbons (Fsp3) is 0.516. The zero-order valence-electron chi connectivity index (χ0n) is 24.2. The fourth-order valence-corrected chi connectivity index (χ4v) is 5.43. The van der Waals surface area contributed by atoms with Crippen LogP contribution in [0.25, 0.3) is 0 Å². The van der Waals surface area contributed by atoms with Gasteiger partial charge >= 0.3 is 5.97 Å². The molecule has 0 radical (unpaired) electrons. The molecule has 2 aromatic rings. The van der Waals surface area contributed by atoms with E-state index < -0.39 is 24.1 Å². The summed E-state index contributed by atoms with van der Waals surface area (Å²) in [5, 5.41) is 9.34. The first kappa shape index (κ1) is 29.4. The number of aliphatic carboxylic acids is 1. The highest BCUT2D eigenvalue weighted by Gasteiger charge is 2.40. The van der Waals surface area contributed by atoms with E-state index in [4.69, 9.17) is 14.2 Å². The van der Waals surface area contributed by atoms with Crippen LogP contribution in [0.5, 0.6) is 11.5 Å². The van der Waals surface area contributed by atoms with Gasteiger partial charge in [-0.25, -0.2) is 0 Å². The minimum Gasteiger partial charge on any atom is -0.497 e. The minimum atomic E-state index is -1.04. The van der Waals surface area contributed by atoms with Gasteiger partial charge < -0.3 is 29.1 Å². The van der Waals surface area contributed by atoms with Crippen molar-refractivity contribution in [3.63, 3.8) is 0 Å². The van der Waals surface area contributed by atoms with E-state index >= 15 is 0 Å². The Kier molecular flexibility index (Phi) is 8.73. The highest BCUT2D eigenvalue weighted by Crippen LogP contribution is 2.43. The van der Waals surface area contributed by atoms with Gasteiger partial charge in [0.2, 0.25) is 5.91 Å². The molecule has 216 valence electrons. The predicted molar refractivity (Wildman–Crippen MR) is 151 cm³/mol. The Bertz CT molecular complexity index is 1260. The number of carbonyl (C=O) groups excluding carboxylic acids is 2. The number of ether oxygens (including phenoxy) is 3. The number of methoxy groups -OCH3 is 2. The molecule has 0 spiro atoms. The molecule has 1 saturated heterocycles. The molecule has 2 atom stereocenters. The molecule has 1 fully saturated rings. The Morgan fingerprint density at radius 2 is 1.73 bits per heavy atom. The number of anilines is 1. The lowest BCUT2D eigenvalue weighted by molar-refractivity contribution is -0.148. The van der Waals surface area contributed by atoms with E-state index in [0.717, 1.165) is 22.4 Å². The Labute approximate surface area is 236 Å². The maximum atomic E-state index is 14.2. The molecular formula is C31H40N2O7. The number of aryl methyl sites for hydroxylation is 1. The number of fused-ring (bicyclic) bond motifs is 1. The Hall–Kier alpha value is -3.59. The lowest BCUT2D eigenvalue weighted by atomic mass is 9.93. The monoisotopic (exact) mass is 552 g/mol. The van der Waals surface area contributed by atoms with Crippen LogP contribution in [0.1, 0.15) is 62.8 Å². The molecule has 2 aliphatic heterocycles. The van der Waals surface area contributed by atoms with Crippen LogP contribution in [-0.4, -0.2) is 67.7 Å². The second kappa shape index (κ2) is 11.9. The number of benzene rings is 2. The van der Waals surface area contributed by atoms with Crippen LogP contribution in [0, 0.1) is 18.3 Å². The molecule has 0 aliphatic carbocycles. The van der Waals surface area contributed by atoms with Gasteiger partial charge in [-0.15, -0.1) is 0 Å². The molecular weight excluding hydrogens is 512 g/mol. The molecule has 9 heteroatoms. The summed E-state index contributed by atoms with van der Waals surface area (Å²) < 4.78 is 17.7. The Morgan fingerprint density at radius 3 is 2.33 bits per heavy atom. The molecule has 0 saturated carbocycles. The summed E-state index contributed by atoms with van der Waals surface area (Å²) in [5.74, 6) is -0.609. The van der Waals surface area contributed by atoms with Crippen molar-refractivity contribution in [2.75, 3.05) is 38.8 Å². The normalized spacial score (nSPS) is 20.1. The number of nitrogens with zero attached hydrogens (tertiary/aromatic N) is 2. The van der Waals surface area contributed by atoms with Crippen molar-refractivity contribution in [1.29, 1.82) is 0 Å². The molecule has 4 rings (SSSR count). The predicted octanol–water partition coefficient (Wildman–Crippen LogP) is 4.59. The van der Waals surface area contributed by atoms with Gasteiger partial charge in [-0.1, -0.05) is 38.5 Å². The van der Waals surface area contributed by atoms with Crippen molar-refractivity contribution >= 4 is 23.5 Å². The van der Waals surface area contributed by atoms with Crippen molar-refractivity contribution in [3.8, 4) is 11.5 Å². The average Bonchev–Trinajstić information content (AvgIpc) is 3.02. The van der Waals surface area contributed by atoms with Crippen molar-refractivity contribution in [3.05, 3.63) is 53.1 Å². The fourth-order valence-electron chi connectivity index (χ4n) is 5.43. The smallest absolute Gasteiger partial charge is 0.306 e. The number of hydrogen-bond acceptors (Lipinski definition) is 6. The summed E-state index contributed by atoms with van der Waals surface area (Å²) in [5.41, 5.74) is 3.07. The molecule has 2 heterocycles. The van der Waals surface area contributed by atoms with Crippen LogP contribution in [0.4, 0.5) is 5.69 Å². The van der Waals surface area contributed by atoms with Crippen LogP contribution in [-0.2, 0) is 19.1 Å². The van der Waals surface area contributed by atoms with Crippen LogP contribution >= 0.6 is 0 Å².